The average Bonchev–Trinajstić information content (AvgIpc) is 3.14. The standard InChI is InChI=1S/C20H28N2O3S/c1-13-10-17(24-5)18(25-6)11-16(13)14(2)21-20(23)12-22(4)15(3)19-8-7-9-26-19/h7-11,14-15H,12H2,1-6H3,(H,21,23). The van der Waals surface area contributed by atoms with E-state index in [0.717, 1.165) is 11.1 Å². The summed E-state index contributed by atoms with van der Waals surface area (Å²) in [6, 6.07) is 8.08. The summed E-state index contributed by atoms with van der Waals surface area (Å²) in [4.78, 5) is 15.8. The molecule has 0 aliphatic rings. The van der Waals surface area contributed by atoms with Crippen LogP contribution in [0.25, 0.3) is 0 Å². The minimum Gasteiger partial charge on any atom is -0.493 e. The van der Waals surface area contributed by atoms with Gasteiger partial charge in [0.05, 0.1) is 26.8 Å². The van der Waals surface area contributed by atoms with Crippen molar-refractivity contribution >= 4 is 17.2 Å². The molecule has 1 N–H and O–H groups in total. The zero-order chi connectivity index (χ0) is 19.3. The molecule has 2 unspecified atom stereocenters. The minimum atomic E-state index is -0.118. The van der Waals surface area contributed by atoms with Crippen LogP contribution in [0.4, 0.5) is 0 Å². The van der Waals surface area contributed by atoms with Gasteiger partial charge in [-0.15, -0.1) is 11.3 Å². The molecule has 6 heteroatoms. The van der Waals surface area contributed by atoms with Gasteiger partial charge >= 0.3 is 0 Å². The second kappa shape index (κ2) is 9.05. The van der Waals surface area contributed by atoms with E-state index in [2.05, 4.69) is 28.6 Å². The summed E-state index contributed by atoms with van der Waals surface area (Å²) < 4.78 is 10.7. The number of methoxy groups -OCH3 is 2. The smallest absolute Gasteiger partial charge is 0.234 e. The van der Waals surface area contributed by atoms with Crippen LogP contribution in [0.5, 0.6) is 11.5 Å². The van der Waals surface area contributed by atoms with Gasteiger partial charge in [-0.3, -0.25) is 9.69 Å². The number of carbonyl (C=O) groups is 1. The first-order chi connectivity index (χ1) is 12.4. The van der Waals surface area contributed by atoms with Crippen LogP contribution < -0.4 is 14.8 Å². The summed E-state index contributed by atoms with van der Waals surface area (Å²) in [5.74, 6) is 1.35. The monoisotopic (exact) mass is 376 g/mol. The van der Waals surface area contributed by atoms with E-state index in [4.69, 9.17) is 9.47 Å². The first-order valence-corrected chi connectivity index (χ1v) is 9.50. The van der Waals surface area contributed by atoms with Crippen molar-refractivity contribution in [1.82, 2.24) is 10.2 Å². The predicted molar refractivity (Wildman–Crippen MR) is 106 cm³/mol. The normalized spacial score (nSPS) is 13.3. The highest BCUT2D eigenvalue weighted by atomic mass is 32.1. The summed E-state index contributed by atoms with van der Waals surface area (Å²) in [5, 5.41) is 5.14. The number of benzene rings is 1. The Labute approximate surface area is 159 Å². The minimum absolute atomic E-state index is 0.00223. The lowest BCUT2D eigenvalue weighted by atomic mass is 10.0. The fourth-order valence-corrected chi connectivity index (χ4v) is 3.79. The van der Waals surface area contributed by atoms with Gasteiger partial charge in [-0.05, 0) is 62.5 Å². The Bertz CT molecular complexity index is 731. The Hall–Kier alpha value is -2.05. The molecular weight excluding hydrogens is 348 g/mol. The third kappa shape index (κ3) is 4.77. The fraction of sp³-hybridized carbons (Fsp3) is 0.450. The van der Waals surface area contributed by atoms with Gasteiger partial charge in [-0.25, -0.2) is 0 Å². The van der Waals surface area contributed by atoms with E-state index in [1.54, 1.807) is 25.6 Å². The lowest BCUT2D eigenvalue weighted by Crippen LogP contribution is -2.37. The summed E-state index contributed by atoms with van der Waals surface area (Å²) in [6.07, 6.45) is 0. The summed E-state index contributed by atoms with van der Waals surface area (Å²) in [6.45, 7) is 6.44. The summed E-state index contributed by atoms with van der Waals surface area (Å²) in [7, 11) is 5.20. The van der Waals surface area contributed by atoms with Crippen LogP contribution in [0.2, 0.25) is 0 Å². The highest BCUT2D eigenvalue weighted by molar-refractivity contribution is 7.10. The number of nitrogens with one attached hydrogen (secondary N) is 1. The molecule has 2 rings (SSSR count). The third-order valence-electron chi connectivity index (χ3n) is 4.63. The summed E-state index contributed by atoms with van der Waals surface area (Å²) in [5.41, 5.74) is 2.07. The second-order valence-electron chi connectivity index (χ2n) is 6.46. The highest BCUT2D eigenvalue weighted by Crippen LogP contribution is 2.32. The molecule has 1 aromatic heterocycles. The Morgan fingerprint density at radius 2 is 1.88 bits per heavy atom. The van der Waals surface area contributed by atoms with Crippen LogP contribution in [-0.2, 0) is 4.79 Å². The summed E-state index contributed by atoms with van der Waals surface area (Å²) >= 11 is 1.71. The largest absolute Gasteiger partial charge is 0.493 e. The van der Waals surface area contributed by atoms with Crippen LogP contribution in [0.3, 0.4) is 0 Å². The molecule has 1 heterocycles. The molecule has 2 aromatic rings. The zero-order valence-electron chi connectivity index (χ0n) is 16.3. The molecule has 0 aliphatic carbocycles. The molecule has 1 aromatic carbocycles. The van der Waals surface area contributed by atoms with Gasteiger partial charge in [0, 0.05) is 10.9 Å². The van der Waals surface area contributed by atoms with Crippen LogP contribution in [0.15, 0.2) is 29.6 Å². The van der Waals surface area contributed by atoms with Gasteiger partial charge in [0.25, 0.3) is 0 Å². The van der Waals surface area contributed by atoms with E-state index in [-0.39, 0.29) is 18.0 Å². The molecular formula is C20H28N2O3S. The molecule has 0 spiro atoms. The SMILES string of the molecule is COc1cc(C)c(C(C)NC(=O)CN(C)C(C)c2cccs2)cc1OC. The van der Waals surface area contributed by atoms with Crippen molar-refractivity contribution < 1.29 is 14.3 Å². The van der Waals surface area contributed by atoms with Crippen molar-refractivity contribution in [2.24, 2.45) is 0 Å². The Morgan fingerprint density at radius 3 is 2.46 bits per heavy atom. The van der Waals surface area contributed by atoms with Gasteiger partial charge in [-0.2, -0.15) is 0 Å². The van der Waals surface area contributed by atoms with Crippen molar-refractivity contribution in [2.75, 3.05) is 27.8 Å². The molecule has 0 bridgehead atoms. The van der Waals surface area contributed by atoms with Crippen LogP contribution in [0.1, 0.15) is 41.9 Å². The number of carbonyl (C=O) groups excluding carboxylic acids is 1. The van der Waals surface area contributed by atoms with Gasteiger partial charge in [-0.1, -0.05) is 6.07 Å². The zero-order valence-corrected chi connectivity index (χ0v) is 17.1. The number of rotatable bonds is 8. The van der Waals surface area contributed by atoms with Crippen molar-refractivity contribution in [3.05, 3.63) is 45.6 Å². The van der Waals surface area contributed by atoms with Crippen molar-refractivity contribution in [1.29, 1.82) is 0 Å². The molecule has 0 fully saturated rings. The number of nitrogens with zero attached hydrogens (tertiary/aromatic N) is 1. The van der Waals surface area contributed by atoms with Gasteiger partial charge in [0.15, 0.2) is 11.5 Å². The van der Waals surface area contributed by atoms with E-state index in [1.165, 1.54) is 4.88 Å². The second-order valence-corrected chi connectivity index (χ2v) is 7.44. The molecule has 0 saturated carbocycles. The molecule has 26 heavy (non-hydrogen) atoms. The van der Waals surface area contributed by atoms with E-state index in [9.17, 15) is 4.79 Å². The van der Waals surface area contributed by atoms with E-state index in [1.807, 2.05) is 39.1 Å². The first-order valence-electron chi connectivity index (χ1n) is 8.62. The Morgan fingerprint density at radius 1 is 1.23 bits per heavy atom. The van der Waals surface area contributed by atoms with Gasteiger partial charge < -0.3 is 14.8 Å². The third-order valence-corrected chi connectivity index (χ3v) is 5.67. The Balaban J connectivity index is 2.02. The van der Waals surface area contributed by atoms with Crippen molar-refractivity contribution in [3.8, 4) is 11.5 Å². The van der Waals surface area contributed by atoms with Crippen LogP contribution in [0, 0.1) is 6.92 Å². The van der Waals surface area contributed by atoms with E-state index in [0.29, 0.717) is 18.0 Å². The topological polar surface area (TPSA) is 50.8 Å². The first kappa shape index (κ1) is 20.3. The lowest BCUT2D eigenvalue weighted by molar-refractivity contribution is -0.123. The van der Waals surface area contributed by atoms with Crippen molar-refractivity contribution in [3.63, 3.8) is 0 Å². The number of amides is 1. The number of hydrogen-bond acceptors (Lipinski definition) is 5. The fourth-order valence-electron chi connectivity index (χ4n) is 2.94. The van der Waals surface area contributed by atoms with E-state index < -0.39 is 0 Å². The lowest BCUT2D eigenvalue weighted by Gasteiger charge is -2.25. The molecule has 2 atom stereocenters. The number of hydrogen-bond donors (Lipinski definition) is 1. The van der Waals surface area contributed by atoms with Crippen molar-refractivity contribution in [2.45, 2.75) is 32.9 Å². The maximum absolute atomic E-state index is 12.5. The maximum Gasteiger partial charge on any atom is 0.234 e. The molecule has 5 nitrogen and oxygen atoms in total. The molecule has 142 valence electrons. The number of aryl methyl sites for hydroxylation is 1. The molecule has 0 aliphatic heterocycles. The van der Waals surface area contributed by atoms with Gasteiger partial charge in [0.1, 0.15) is 0 Å². The quantitative estimate of drug-likeness (QED) is 0.758. The maximum atomic E-state index is 12.5. The molecule has 0 radical (unpaired) electrons. The Kier molecular flexibility index (Phi) is 7.06. The van der Waals surface area contributed by atoms with E-state index >= 15 is 0 Å². The molecule has 0 saturated heterocycles. The van der Waals surface area contributed by atoms with Gasteiger partial charge in [0.2, 0.25) is 5.91 Å². The average molecular weight is 377 g/mol. The van der Waals surface area contributed by atoms with Crippen LogP contribution >= 0.6 is 11.3 Å². The number of thiophene rings is 1. The molecule has 1 amide bonds. The highest BCUT2D eigenvalue weighted by Gasteiger charge is 2.19. The van der Waals surface area contributed by atoms with Crippen LogP contribution in [-0.4, -0.2) is 38.6 Å². The predicted octanol–water partition coefficient (Wildman–Crippen LogP) is 3.94. The number of ether oxygens (including phenoxy) is 2. The number of likely N-dealkylation sites (N-methyl/N-ethyl adjacent to an activating group) is 1.